The number of aromatic nitrogens is 1. The van der Waals surface area contributed by atoms with Gasteiger partial charge in [-0.15, -0.1) is 0 Å². The lowest BCUT2D eigenvalue weighted by molar-refractivity contribution is 1.11. The van der Waals surface area contributed by atoms with Gasteiger partial charge in [-0.25, -0.2) is 0 Å². The summed E-state index contributed by atoms with van der Waals surface area (Å²) in [5.74, 6) is 0. The lowest BCUT2D eigenvalue weighted by Gasteiger charge is -2.11. The molecule has 2 nitrogen and oxygen atoms in total. The van der Waals surface area contributed by atoms with Crippen molar-refractivity contribution in [2.45, 2.75) is 20.4 Å². The van der Waals surface area contributed by atoms with E-state index in [1.807, 2.05) is 12.3 Å². The highest BCUT2D eigenvalue weighted by molar-refractivity contribution is 6.03. The normalized spacial score (nSPS) is 12.9. The van der Waals surface area contributed by atoms with Gasteiger partial charge in [0.15, 0.2) is 0 Å². The van der Waals surface area contributed by atoms with E-state index in [2.05, 4.69) is 72.4 Å². The third-order valence-corrected chi connectivity index (χ3v) is 4.40. The minimum atomic E-state index is 0.805. The first-order valence-corrected chi connectivity index (χ1v) is 7.89. The number of pyridine rings is 1. The van der Waals surface area contributed by atoms with Crippen LogP contribution in [-0.2, 0) is 6.54 Å². The van der Waals surface area contributed by atoms with Gasteiger partial charge in [-0.3, -0.25) is 9.98 Å². The SMILES string of the molecule is CC1=NCc2ccc(-c3cccnc3-c3cccc(C)c3)cc21. The number of fused-ring (bicyclic) bond motifs is 1. The Balaban J connectivity index is 1.88. The Morgan fingerprint density at radius 1 is 0.826 bits per heavy atom. The molecule has 0 atom stereocenters. The molecule has 0 saturated heterocycles. The fraction of sp³-hybridized carbons (Fsp3) is 0.143. The van der Waals surface area contributed by atoms with Crippen LogP contribution >= 0.6 is 0 Å². The summed E-state index contributed by atoms with van der Waals surface area (Å²) in [5, 5.41) is 0. The van der Waals surface area contributed by atoms with Gasteiger partial charge in [0.25, 0.3) is 0 Å². The van der Waals surface area contributed by atoms with E-state index in [4.69, 9.17) is 0 Å². The van der Waals surface area contributed by atoms with Crippen LogP contribution in [0.5, 0.6) is 0 Å². The van der Waals surface area contributed by atoms with E-state index < -0.39 is 0 Å². The third kappa shape index (κ3) is 2.46. The quantitative estimate of drug-likeness (QED) is 0.650. The summed E-state index contributed by atoms with van der Waals surface area (Å²) in [6.07, 6.45) is 1.86. The molecule has 2 aromatic carbocycles. The maximum absolute atomic E-state index is 4.65. The highest BCUT2D eigenvalue weighted by Crippen LogP contribution is 2.33. The van der Waals surface area contributed by atoms with Gasteiger partial charge in [0.05, 0.1) is 12.2 Å². The monoisotopic (exact) mass is 298 g/mol. The van der Waals surface area contributed by atoms with Gasteiger partial charge in [-0.05, 0) is 43.2 Å². The van der Waals surface area contributed by atoms with Gasteiger partial charge in [-0.1, -0.05) is 42.0 Å². The molecule has 2 heterocycles. The first-order valence-electron chi connectivity index (χ1n) is 7.89. The molecule has 0 saturated carbocycles. The lowest BCUT2D eigenvalue weighted by Crippen LogP contribution is -1.94. The highest BCUT2D eigenvalue weighted by atomic mass is 14.8. The smallest absolute Gasteiger partial charge is 0.0780 e. The molecule has 0 N–H and O–H groups in total. The molecular formula is C21H18N2. The molecule has 1 aliphatic rings. The fourth-order valence-corrected chi connectivity index (χ4v) is 3.17. The Labute approximate surface area is 136 Å². The van der Waals surface area contributed by atoms with Gasteiger partial charge < -0.3 is 0 Å². The predicted molar refractivity (Wildman–Crippen MR) is 95.8 cm³/mol. The van der Waals surface area contributed by atoms with Gasteiger partial charge >= 0.3 is 0 Å². The second-order valence-electron chi connectivity index (χ2n) is 6.04. The zero-order valence-electron chi connectivity index (χ0n) is 13.4. The van der Waals surface area contributed by atoms with Crippen LogP contribution in [0.25, 0.3) is 22.4 Å². The van der Waals surface area contributed by atoms with Crippen molar-refractivity contribution in [2.24, 2.45) is 4.99 Å². The topological polar surface area (TPSA) is 25.2 Å². The van der Waals surface area contributed by atoms with Crippen molar-refractivity contribution in [3.63, 3.8) is 0 Å². The Kier molecular flexibility index (Phi) is 3.30. The van der Waals surface area contributed by atoms with E-state index in [0.717, 1.165) is 23.5 Å². The largest absolute Gasteiger partial charge is 0.285 e. The first-order chi connectivity index (χ1) is 11.2. The minimum absolute atomic E-state index is 0.805. The van der Waals surface area contributed by atoms with Gasteiger partial charge in [-0.2, -0.15) is 0 Å². The van der Waals surface area contributed by atoms with Gasteiger partial charge in [0.2, 0.25) is 0 Å². The maximum atomic E-state index is 4.65. The zero-order chi connectivity index (χ0) is 15.8. The molecule has 112 valence electrons. The number of benzene rings is 2. The molecule has 0 aliphatic carbocycles. The number of rotatable bonds is 2. The summed E-state index contributed by atoms with van der Waals surface area (Å²) in [6.45, 7) is 5.00. The first kappa shape index (κ1) is 13.9. The van der Waals surface area contributed by atoms with E-state index >= 15 is 0 Å². The van der Waals surface area contributed by atoms with Crippen molar-refractivity contribution in [3.05, 3.63) is 77.5 Å². The van der Waals surface area contributed by atoms with Crippen LogP contribution in [0.3, 0.4) is 0 Å². The van der Waals surface area contributed by atoms with Crippen LogP contribution in [-0.4, -0.2) is 10.7 Å². The van der Waals surface area contributed by atoms with Crippen molar-refractivity contribution in [1.82, 2.24) is 4.98 Å². The number of aryl methyl sites for hydroxylation is 1. The number of nitrogens with zero attached hydrogens (tertiary/aromatic N) is 2. The van der Waals surface area contributed by atoms with E-state index in [9.17, 15) is 0 Å². The Morgan fingerprint density at radius 2 is 1.74 bits per heavy atom. The molecular weight excluding hydrogens is 280 g/mol. The summed E-state index contributed by atoms with van der Waals surface area (Å²) in [5.41, 5.74) is 9.51. The van der Waals surface area contributed by atoms with Crippen LogP contribution in [0.15, 0.2) is 65.8 Å². The summed E-state index contributed by atoms with van der Waals surface area (Å²) in [6, 6.07) is 19.3. The molecule has 0 amide bonds. The average molecular weight is 298 g/mol. The molecule has 1 aliphatic heterocycles. The van der Waals surface area contributed by atoms with E-state index in [0.29, 0.717) is 0 Å². The van der Waals surface area contributed by atoms with Crippen molar-refractivity contribution in [2.75, 3.05) is 0 Å². The Hall–Kier alpha value is -2.74. The second kappa shape index (κ2) is 5.47. The molecule has 3 aromatic rings. The fourth-order valence-electron chi connectivity index (χ4n) is 3.17. The van der Waals surface area contributed by atoms with Crippen molar-refractivity contribution in [1.29, 1.82) is 0 Å². The van der Waals surface area contributed by atoms with Crippen LogP contribution in [0.4, 0.5) is 0 Å². The summed E-state index contributed by atoms with van der Waals surface area (Å²) in [7, 11) is 0. The molecule has 1 aromatic heterocycles. The van der Waals surface area contributed by atoms with Crippen LogP contribution in [0.2, 0.25) is 0 Å². The summed E-state index contributed by atoms with van der Waals surface area (Å²) >= 11 is 0. The molecule has 23 heavy (non-hydrogen) atoms. The van der Waals surface area contributed by atoms with Crippen molar-refractivity contribution < 1.29 is 0 Å². The summed E-state index contributed by atoms with van der Waals surface area (Å²) in [4.78, 5) is 9.18. The van der Waals surface area contributed by atoms with Crippen LogP contribution in [0.1, 0.15) is 23.6 Å². The highest BCUT2D eigenvalue weighted by Gasteiger charge is 2.15. The lowest BCUT2D eigenvalue weighted by atomic mass is 9.95. The zero-order valence-corrected chi connectivity index (χ0v) is 13.4. The van der Waals surface area contributed by atoms with E-state index in [1.165, 1.54) is 27.8 Å². The van der Waals surface area contributed by atoms with Crippen molar-refractivity contribution in [3.8, 4) is 22.4 Å². The van der Waals surface area contributed by atoms with E-state index in [-0.39, 0.29) is 0 Å². The van der Waals surface area contributed by atoms with Crippen molar-refractivity contribution >= 4 is 5.71 Å². The number of hydrogen-bond acceptors (Lipinski definition) is 2. The molecule has 0 fully saturated rings. The van der Waals surface area contributed by atoms with E-state index in [1.54, 1.807) is 0 Å². The Bertz CT molecular complexity index is 923. The van der Waals surface area contributed by atoms with Crippen LogP contribution in [0, 0.1) is 6.92 Å². The van der Waals surface area contributed by atoms with Crippen LogP contribution < -0.4 is 0 Å². The molecule has 0 radical (unpaired) electrons. The molecule has 4 rings (SSSR count). The number of aliphatic imine (C=N–C) groups is 1. The van der Waals surface area contributed by atoms with Gasteiger partial charge in [0, 0.05) is 28.6 Å². The summed E-state index contributed by atoms with van der Waals surface area (Å²) < 4.78 is 0. The standard InChI is InChI=1S/C21H18N2/c1-14-5-3-6-17(11-14)21-19(7-4-10-22-21)16-8-9-18-13-23-15(2)20(18)12-16/h3-12H,13H2,1-2H3. The predicted octanol–water partition coefficient (Wildman–Crippen LogP) is 5.05. The molecule has 0 unspecified atom stereocenters. The molecule has 2 heteroatoms. The Morgan fingerprint density at radius 3 is 2.61 bits per heavy atom. The second-order valence-corrected chi connectivity index (χ2v) is 6.04. The minimum Gasteiger partial charge on any atom is -0.285 e. The maximum Gasteiger partial charge on any atom is 0.0780 e. The average Bonchev–Trinajstić information content (AvgIpc) is 2.95. The molecule has 0 bridgehead atoms. The third-order valence-electron chi connectivity index (χ3n) is 4.40. The van der Waals surface area contributed by atoms with Gasteiger partial charge in [0.1, 0.15) is 0 Å². The number of hydrogen-bond donors (Lipinski definition) is 0. The molecule has 0 spiro atoms.